The molecule has 1 heterocycles. The van der Waals surface area contributed by atoms with Gasteiger partial charge in [0.1, 0.15) is 11.5 Å². The van der Waals surface area contributed by atoms with E-state index in [1.807, 2.05) is 35.0 Å². The molecule has 0 bridgehead atoms. The Morgan fingerprint density at radius 2 is 1.73 bits per heavy atom. The van der Waals surface area contributed by atoms with Crippen molar-refractivity contribution in [2.45, 2.75) is 0 Å². The van der Waals surface area contributed by atoms with Crippen LogP contribution in [0.25, 0.3) is 11.8 Å². The molecule has 0 aliphatic carbocycles. The van der Waals surface area contributed by atoms with Crippen LogP contribution in [0.4, 0.5) is 5.69 Å². The zero-order valence-electron chi connectivity index (χ0n) is 17.8. The highest BCUT2D eigenvalue weighted by atomic mass is 16.5. The maximum absolute atomic E-state index is 12.5. The van der Waals surface area contributed by atoms with E-state index in [-0.39, 0.29) is 5.91 Å². The second-order valence-corrected chi connectivity index (χ2v) is 6.99. The zero-order valence-corrected chi connectivity index (χ0v) is 17.8. The molecule has 0 saturated heterocycles. The number of hydrogen-bond donors (Lipinski definition) is 1. The second kappa shape index (κ2) is 10.1. The molecule has 1 amide bonds. The molecule has 0 aliphatic rings. The molecule has 1 N–H and O–H groups in total. The van der Waals surface area contributed by atoms with Gasteiger partial charge in [-0.25, -0.2) is 9.78 Å². The molecule has 4 aromatic rings. The van der Waals surface area contributed by atoms with E-state index in [0.717, 1.165) is 11.3 Å². The van der Waals surface area contributed by atoms with Gasteiger partial charge in [0, 0.05) is 29.8 Å². The van der Waals surface area contributed by atoms with Gasteiger partial charge in [-0.2, -0.15) is 0 Å². The smallest absolute Gasteiger partial charge is 0.336 e. The summed E-state index contributed by atoms with van der Waals surface area (Å²) in [7, 11) is 1.51. The molecule has 33 heavy (non-hydrogen) atoms. The highest BCUT2D eigenvalue weighted by molar-refractivity contribution is 6.06. The van der Waals surface area contributed by atoms with E-state index < -0.39 is 5.97 Å². The molecule has 0 radical (unpaired) electrons. The molecule has 0 aliphatic heterocycles. The first-order valence-electron chi connectivity index (χ1n) is 10.1. The van der Waals surface area contributed by atoms with Crippen LogP contribution in [0.3, 0.4) is 0 Å². The quantitative estimate of drug-likeness (QED) is 0.255. The second-order valence-electron chi connectivity index (χ2n) is 6.99. The maximum Gasteiger partial charge on any atom is 0.336 e. The first kappa shape index (κ1) is 21.6. The zero-order chi connectivity index (χ0) is 23.0. The van der Waals surface area contributed by atoms with Gasteiger partial charge >= 0.3 is 5.97 Å². The summed E-state index contributed by atoms with van der Waals surface area (Å²) in [5.41, 5.74) is 2.84. The Bertz CT molecular complexity index is 1260. The SMILES string of the molecule is COc1ccccc1C(=O)Nc1ccc(OC(=O)/C=C/c2ccc(-n3ccnc3)cc2)cc1. The minimum atomic E-state index is -0.500. The number of imidazole rings is 1. The lowest BCUT2D eigenvalue weighted by Gasteiger charge is -2.09. The highest BCUT2D eigenvalue weighted by Crippen LogP contribution is 2.21. The summed E-state index contributed by atoms with van der Waals surface area (Å²) in [5, 5.41) is 2.80. The summed E-state index contributed by atoms with van der Waals surface area (Å²) >= 11 is 0. The van der Waals surface area contributed by atoms with Gasteiger partial charge in [0.15, 0.2) is 0 Å². The first-order valence-corrected chi connectivity index (χ1v) is 10.1. The number of rotatable bonds is 7. The number of para-hydroxylation sites is 1. The number of hydrogen-bond acceptors (Lipinski definition) is 5. The van der Waals surface area contributed by atoms with Gasteiger partial charge in [-0.15, -0.1) is 0 Å². The average molecular weight is 439 g/mol. The lowest BCUT2D eigenvalue weighted by molar-refractivity contribution is -0.128. The van der Waals surface area contributed by atoms with Gasteiger partial charge in [0.25, 0.3) is 5.91 Å². The number of nitrogens with one attached hydrogen (secondary N) is 1. The number of benzene rings is 3. The topological polar surface area (TPSA) is 82.5 Å². The average Bonchev–Trinajstić information content (AvgIpc) is 3.39. The van der Waals surface area contributed by atoms with Crippen LogP contribution in [-0.2, 0) is 4.79 Å². The van der Waals surface area contributed by atoms with Gasteiger partial charge in [-0.3, -0.25) is 4.79 Å². The predicted octanol–water partition coefficient (Wildman–Crippen LogP) is 4.75. The maximum atomic E-state index is 12.5. The highest BCUT2D eigenvalue weighted by Gasteiger charge is 2.11. The summed E-state index contributed by atoms with van der Waals surface area (Å²) in [5.74, 6) is 0.0674. The molecule has 0 saturated carbocycles. The van der Waals surface area contributed by atoms with E-state index in [1.54, 1.807) is 67.1 Å². The fourth-order valence-corrected chi connectivity index (χ4v) is 3.12. The van der Waals surface area contributed by atoms with E-state index in [4.69, 9.17) is 9.47 Å². The molecule has 0 atom stereocenters. The Kier molecular flexibility index (Phi) is 6.61. The van der Waals surface area contributed by atoms with Crippen molar-refractivity contribution in [1.29, 1.82) is 0 Å². The van der Waals surface area contributed by atoms with Crippen LogP contribution in [-0.4, -0.2) is 28.5 Å². The number of methoxy groups -OCH3 is 1. The number of carbonyl (C=O) groups is 2. The molecular weight excluding hydrogens is 418 g/mol. The Labute approximate surface area is 190 Å². The van der Waals surface area contributed by atoms with E-state index in [2.05, 4.69) is 10.3 Å². The Hall–Kier alpha value is -4.65. The van der Waals surface area contributed by atoms with Crippen LogP contribution in [0.2, 0.25) is 0 Å². The third-order valence-electron chi connectivity index (χ3n) is 4.79. The van der Waals surface area contributed by atoms with Crippen molar-refractivity contribution in [1.82, 2.24) is 9.55 Å². The molecule has 0 spiro atoms. The number of carbonyl (C=O) groups excluding carboxylic acids is 2. The van der Waals surface area contributed by atoms with Crippen LogP contribution in [0.5, 0.6) is 11.5 Å². The van der Waals surface area contributed by atoms with Crippen molar-refractivity contribution in [3.05, 3.63) is 109 Å². The molecule has 7 heteroatoms. The van der Waals surface area contributed by atoms with Crippen molar-refractivity contribution >= 4 is 23.6 Å². The van der Waals surface area contributed by atoms with Crippen LogP contribution in [0.15, 0.2) is 97.6 Å². The number of amides is 1. The Morgan fingerprint density at radius 1 is 0.970 bits per heavy atom. The molecular formula is C26H21N3O4. The number of anilines is 1. The van der Waals surface area contributed by atoms with Crippen LogP contribution in [0, 0.1) is 0 Å². The van der Waals surface area contributed by atoms with Crippen molar-refractivity contribution in [3.8, 4) is 17.2 Å². The van der Waals surface area contributed by atoms with Crippen molar-refractivity contribution in [2.75, 3.05) is 12.4 Å². The summed E-state index contributed by atoms with van der Waals surface area (Å²) in [4.78, 5) is 28.6. The number of nitrogens with zero attached hydrogens (tertiary/aromatic N) is 2. The molecule has 1 aromatic heterocycles. The third kappa shape index (κ3) is 5.54. The van der Waals surface area contributed by atoms with E-state index in [1.165, 1.54) is 13.2 Å². The molecule has 164 valence electrons. The van der Waals surface area contributed by atoms with E-state index in [9.17, 15) is 9.59 Å². The number of esters is 1. The van der Waals surface area contributed by atoms with Crippen LogP contribution in [0.1, 0.15) is 15.9 Å². The summed E-state index contributed by atoms with van der Waals surface area (Å²) in [6.45, 7) is 0. The molecule has 3 aromatic carbocycles. The largest absolute Gasteiger partial charge is 0.496 e. The van der Waals surface area contributed by atoms with Gasteiger partial charge in [0.05, 0.1) is 19.0 Å². The lowest BCUT2D eigenvalue weighted by Crippen LogP contribution is -2.13. The molecule has 4 rings (SSSR count). The fraction of sp³-hybridized carbons (Fsp3) is 0.0385. The van der Waals surface area contributed by atoms with Gasteiger partial charge in [-0.1, -0.05) is 24.3 Å². The monoisotopic (exact) mass is 439 g/mol. The van der Waals surface area contributed by atoms with Gasteiger partial charge < -0.3 is 19.4 Å². The normalized spacial score (nSPS) is 10.7. The van der Waals surface area contributed by atoms with Crippen molar-refractivity contribution in [3.63, 3.8) is 0 Å². The van der Waals surface area contributed by atoms with Crippen molar-refractivity contribution < 1.29 is 19.1 Å². The molecule has 0 unspecified atom stereocenters. The molecule has 0 fully saturated rings. The minimum absolute atomic E-state index is 0.292. The number of ether oxygens (including phenoxy) is 2. The fourth-order valence-electron chi connectivity index (χ4n) is 3.12. The molecule has 7 nitrogen and oxygen atoms in total. The Morgan fingerprint density at radius 3 is 2.42 bits per heavy atom. The van der Waals surface area contributed by atoms with Gasteiger partial charge in [0.2, 0.25) is 0 Å². The Balaban J connectivity index is 1.33. The van der Waals surface area contributed by atoms with Crippen LogP contribution < -0.4 is 14.8 Å². The predicted molar refractivity (Wildman–Crippen MR) is 126 cm³/mol. The van der Waals surface area contributed by atoms with Crippen LogP contribution >= 0.6 is 0 Å². The van der Waals surface area contributed by atoms with E-state index >= 15 is 0 Å². The number of aromatic nitrogens is 2. The van der Waals surface area contributed by atoms with Gasteiger partial charge in [-0.05, 0) is 60.2 Å². The third-order valence-corrected chi connectivity index (χ3v) is 4.79. The van der Waals surface area contributed by atoms with Crippen molar-refractivity contribution in [2.24, 2.45) is 0 Å². The summed E-state index contributed by atoms with van der Waals surface area (Å²) in [6, 6.07) is 21.2. The lowest BCUT2D eigenvalue weighted by atomic mass is 10.2. The standard InChI is InChI=1S/C26H21N3O4/c1-32-24-5-3-2-4-23(24)26(31)28-20-9-13-22(14-10-20)33-25(30)15-8-19-6-11-21(12-7-19)29-17-16-27-18-29/h2-18H,1H3,(H,28,31)/b15-8+. The minimum Gasteiger partial charge on any atom is -0.496 e. The first-order chi connectivity index (χ1) is 16.1. The summed E-state index contributed by atoms with van der Waals surface area (Å²) < 4.78 is 12.4. The summed E-state index contributed by atoms with van der Waals surface area (Å²) in [6.07, 6.45) is 8.34. The van der Waals surface area contributed by atoms with E-state index in [0.29, 0.717) is 22.7 Å².